The third-order valence-corrected chi connectivity index (χ3v) is 4.45. The van der Waals surface area contributed by atoms with Crippen LogP contribution >= 0.6 is 22.6 Å². The number of hydrogen-bond donors (Lipinski definition) is 1. The molecule has 1 fully saturated rings. The van der Waals surface area contributed by atoms with Crippen LogP contribution in [0.5, 0.6) is 0 Å². The van der Waals surface area contributed by atoms with Crippen molar-refractivity contribution in [2.75, 3.05) is 11.9 Å². The van der Waals surface area contributed by atoms with Crippen molar-refractivity contribution in [2.24, 2.45) is 11.8 Å². The molecule has 1 N–H and O–H groups in total. The van der Waals surface area contributed by atoms with E-state index in [1.165, 1.54) is 25.7 Å². The van der Waals surface area contributed by atoms with Gasteiger partial charge in [0.2, 0.25) is 0 Å². The van der Waals surface area contributed by atoms with Crippen LogP contribution in [0.15, 0.2) is 18.2 Å². The quantitative estimate of drug-likeness (QED) is 0.482. The standard InChI is InChI=1S/C14H19IN2O2/c1-10-3-2-4-11(7-10)9-16-13-6-5-12(15)8-14(13)17(18)19/h5-6,8,10-11,16H,2-4,7,9H2,1H3. The van der Waals surface area contributed by atoms with Crippen molar-refractivity contribution in [2.45, 2.75) is 32.6 Å². The van der Waals surface area contributed by atoms with Gasteiger partial charge in [-0.25, -0.2) is 0 Å². The monoisotopic (exact) mass is 374 g/mol. The zero-order chi connectivity index (χ0) is 13.8. The van der Waals surface area contributed by atoms with E-state index in [1.54, 1.807) is 6.07 Å². The highest BCUT2D eigenvalue weighted by atomic mass is 127. The second-order valence-electron chi connectivity index (χ2n) is 5.44. The normalized spacial score (nSPS) is 23.1. The molecule has 2 atom stereocenters. The average molecular weight is 374 g/mol. The van der Waals surface area contributed by atoms with Crippen LogP contribution in [0, 0.1) is 25.5 Å². The molecule has 0 amide bonds. The van der Waals surface area contributed by atoms with Gasteiger partial charge in [-0.05, 0) is 59.4 Å². The lowest BCUT2D eigenvalue weighted by Gasteiger charge is -2.27. The van der Waals surface area contributed by atoms with E-state index in [0.717, 1.165) is 16.0 Å². The second-order valence-corrected chi connectivity index (χ2v) is 6.68. The predicted octanol–water partition coefficient (Wildman–Crippen LogP) is 4.44. The first-order valence-corrected chi connectivity index (χ1v) is 7.82. The number of anilines is 1. The lowest BCUT2D eigenvalue weighted by molar-refractivity contribution is -0.384. The summed E-state index contributed by atoms with van der Waals surface area (Å²) in [4.78, 5) is 10.7. The molecule has 0 heterocycles. The van der Waals surface area contributed by atoms with Gasteiger partial charge >= 0.3 is 0 Å². The molecular formula is C14H19IN2O2. The summed E-state index contributed by atoms with van der Waals surface area (Å²) in [6.45, 7) is 3.13. The molecule has 5 heteroatoms. The SMILES string of the molecule is CC1CCCC(CNc2ccc(I)cc2[N+](=O)[O-])C1. The minimum Gasteiger partial charge on any atom is -0.379 e. The molecule has 1 aromatic rings. The molecular weight excluding hydrogens is 355 g/mol. The average Bonchev–Trinajstić information content (AvgIpc) is 2.37. The Morgan fingerprint density at radius 3 is 2.95 bits per heavy atom. The molecule has 0 bridgehead atoms. The summed E-state index contributed by atoms with van der Waals surface area (Å²) < 4.78 is 0.890. The van der Waals surface area contributed by atoms with E-state index in [1.807, 2.05) is 12.1 Å². The van der Waals surface area contributed by atoms with Gasteiger partial charge in [-0.2, -0.15) is 0 Å². The zero-order valence-electron chi connectivity index (χ0n) is 11.1. The zero-order valence-corrected chi connectivity index (χ0v) is 13.2. The molecule has 0 spiro atoms. The number of hydrogen-bond acceptors (Lipinski definition) is 3. The van der Waals surface area contributed by atoms with E-state index in [0.29, 0.717) is 11.6 Å². The highest BCUT2D eigenvalue weighted by molar-refractivity contribution is 14.1. The number of rotatable bonds is 4. The molecule has 0 radical (unpaired) electrons. The smallest absolute Gasteiger partial charge is 0.293 e. The maximum absolute atomic E-state index is 11.0. The Morgan fingerprint density at radius 1 is 1.47 bits per heavy atom. The van der Waals surface area contributed by atoms with E-state index in [2.05, 4.69) is 34.8 Å². The first-order valence-electron chi connectivity index (χ1n) is 6.74. The fraction of sp³-hybridized carbons (Fsp3) is 0.571. The van der Waals surface area contributed by atoms with Gasteiger partial charge in [0.05, 0.1) is 4.92 Å². The van der Waals surface area contributed by atoms with Gasteiger partial charge in [0.15, 0.2) is 0 Å². The van der Waals surface area contributed by atoms with Gasteiger partial charge in [0.1, 0.15) is 5.69 Å². The summed E-state index contributed by atoms with van der Waals surface area (Å²) in [7, 11) is 0. The van der Waals surface area contributed by atoms with E-state index >= 15 is 0 Å². The highest BCUT2D eigenvalue weighted by Gasteiger charge is 2.20. The molecule has 0 aromatic heterocycles. The summed E-state index contributed by atoms with van der Waals surface area (Å²) >= 11 is 2.10. The van der Waals surface area contributed by atoms with Crippen molar-refractivity contribution in [3.05, 3.63) is 31.9 Å². The summed E-state index contributed by atoms with van der Waals surface area (Å²) in [5, 5.41) is 14.3. The van der Waals surface area contributed by atoms with E-state index in [9.17, 15) is 10.1 Å². The maximum Gasteiger partial charge on any atom is 0.293 e. The van der Waals surface area contributed by atoms with Gasteiger partial charge < -0.3 is 5.32 Å². The van der Waals surface area contributed by atoms with Crippen LogP contribution < -0.4 is 5.32 Å². The van der Waals surface area contributed by atoms with Crippen LogP contribution in [0.2, 0.25) is 0 Å². The topological polar surface area (TPSA) is 55.2 Å². The third-order valence-electron chi connectivity index (χ3n) is 3.78. The van der Waals surface area contributed by atoms with Crippen LogP contribution in [0.1, 0.15) is 32.6 Å². The fourth-order valence-electron chi connectivity index (χ4n) is 2.80. The van der Waals surface area contributed by atoms with Gasteiger partial charge in [-0.3, -0.25) is 10.1 Å². The lowest BCUT2D eigenvalue weighted by atomic mass is 9.82. The third kappa shape index (κ3) is 4.06. The number of nitro benzene ring substituents is 1. The Hall–Kier alpha value is -0.850. The summed E-state index contributed by atoms with van der Waals surface area (Å²) in [6.07, 6.45) is 5.06. The molecule has 1 aliphatic carbocycles. The van der Waals surface area contributed by atoms with Crippen molar-refractivity contribution in [1.82, 2.24) is 0 Å². The molecule has 0 saturated heterocycles. The fourth-order valence-corrected chi connectivity index (χ4v) is 3.28. The van der Waals surface area contributed by atoms with Crippen molar-refractivity contribution in [1.29, 1.82) is 0 Å². The molecule has 4 nitrogen and oxygen atoms in total. The molecule has 104 valence electrons. The maximum atomic E-state index is 11.0. The molecule has 1 aromatic carbocycles. The van der Waals surface area contributed by atoms with E-state index in [4.69, 9.17) is 0 Å². The summed E-state index contributed by atoms with van der Waals surface area (Å²) in [6, 6.07) is 5.33. The first kappa shape index (κ1) is 14.6. The van der Waals surface area contributed by atoms with Crippen LogP contribution in [-0.2, 0) is 0 Å². The highest BCUT2D eigenvalue weighted by Crippen LogP contribution is 2.31. The Kier molecular flexibility index (Phi) is 5.01. The molecule has 0 aliphatic heterocycles. The second kappa shape index (κ2) is 6.54. The van der Waals surface area contributed by atoms with Crippen LogP contribution in [0.25, 0.3) is 0 Å². The van der Waals surface area contributed by atoms with Crippen molar-refractivity contribution in [3.8, 4) is 0 Å². The van der Waals surface area contributed by atoms with Gasteiger partial charge in [-0.1, -0.05) is 19.8 Å². The van der Waals surface area contributed by atoms with Gasteiger partial charge in [0.25, 0.3) is 5.69 Å². The number of halogens is 1. The Labute approximate surface area is 127 Å². The van der Waals surface area contributed by atoms with Crippen LogP contribution in [0.4, 0.5) is 11.4 Å². The Balaban J connectivity index is 2.01. The van der Waals surface area contributed by atoms with Crippen molar-refractivity contribution >= 4 is 34.0 Å². The molecule has 1 saturated carbocycles. The van der Waals surface area contributed by atoms with Crippen molar-refractivity contribution < 1.29 is 4.92 Å². The Bertz CT molecular complexity index is 465. The largest absolute Gasteiger partial charge is 0.379 e. The number of nitro groups is 1. The predicted molar refractivity (Wildman–Crippen MR) is 85.4 cm³/mol. The number of benzene rings is 1. The summed E-state index contributed by atoms with van der Waals surface area (Å²) in [5.41, 5.74) is 0.819. The van der Waals surface area contributed by atoms with Crippen LogP contribution in [-0.4, -0.2) is 11.5 Å². The lowest BCUT2D eigenvalue weighted by Crippen LogP contribution is -2.21. The van der Waals surface area contributed by atoms with Crippen molar-refractivity contribution in [3.63, 3.8) is 0 Å². The molecule has 19 heavy (non-hydrogen) atoms. The minimum atomic E-state index is -0.312. The minimum absolute atomic E-state index is 0.177. The molecule has 2 unspecified atom stereocenters. The van der Waals surface area contributed by atoms with E-state index < -0.39 is 0 Å². The first-order chi connectivity index (χ1) is 9.06. The number of nitrogens with one attached hydrogen (secondary N) is 1. The van der Waals surface area contributed by atoms with Gasteiger partial charge in [-0.15, -0.1) is 0 Å². The van der Waals surface area contributed by atoms with Gasteiger partial charge in [0, 0.05) is 16.2 Å². The molecule has 1 aliphatic rings. The van der Waals surface area contributed by atoms with Crippen LogP contribution in [0.3, 0.4) is 0 Å². The Morgan fingerprint density at radius 2 is 2.26 bits per heavy atom. The van der Waals surface area contributed by atoms with E-state index in [-0.39, 0.29) is 10.6 Å². The number of nitrogens with zero attached hydrogens (tertiary/aromatic N) is 1. The molecule has 2 rings (SSSR count). The summed E-state index contributed by atoms with van der Waals surface area (Å²) in [5.74, 6) is 1.43.